The molecule has 0 aliphatic carbocycles. The van der Waals surface area contributed by atoms with Crippen LogP contribution in [0.5, 0.6) is 11.5 Å². The van der Waals surface area contributed by atoms with E-state index >= 15 is 0 Å². The van der Waals surface area contributed by atoms with E-state index in [-0.39, 0.29) is 17.4 Å². The van der Waals surface area contributed by atoms with Gasteiger partial charge in [0.05, 0.1) is 23.9 Å². The van der Waals surface area contributed by atoms with Crippen LogP contribution in [0.25, 0.3) is 0 Å². The first-order valence-corrected chi connectivity index (χ1v) is 14.7. The van der Waals surface area contributed by atoms with E-state index in [0.29, 0.717) is 28.4 Å². The molecular formula is C32H32N4O6S. The number of nitrogens with zero attached hydrogens (tertiary/aromatic N) is 2. The van der Waals surface area contributed by atoms with Gasteiger partial charge >= 0.3 is 0 Å². The number of hydrogen-bond donors (Lipinski definition) is 2. The molecule has 4 aromatic carbocycles. The van der Waals surface area contributed by atoms with Gasteiger partial charge in [-0.25, -0.2) is 13.8 Å². The number of amides is 2. The lowest BCUT2D eigenvalue weighted by Gasteiger charge is -2.24. The average molecular weight is 601 g/mol. The third-order valence-corrected chi connectivity index (χ3v) is 7.93. The van der Waals surface area contributed by atoms with E-state index in [9.17, 15) is 18.0 Å². The Hall–Kier alpha value is -5.16. The summed E-state index contributed by atoms with van der Waals surface area (Å²) >= 11 is 0. The molecule has 0 saturated heterocycles. The van der Waals surface area contributed by atoms with Crippen LogP contribution in [0.1, 0.15) is 16.7 Å². The summed E-state index contributed by atoms with van der Waals surface area (Å²) in [5, 5.41) is 6.72. The highest BCUT2D eigenvalue weighted by Crippen LogP contribution is 2.26. The molecule has 4 rings (SSSR count). The quantitative estimate of drug-likeness (QED) is 0.180. The molecule has 0 bridgehead atoms. The van der Waals surface area contributed by atoms with Crippen molar-refractivity contribution in [1.82, 2.24) is 5.43 Å². The first-order chi connectivity index (χ1) is 20.6. The zero-order chi connectivity index (χ0) is 30.8. The highest BCUT2D eigenvalue weighted by atomic mass is 32.2. The molecule has 0 fully saturated rings. The maximum Gasteiger partial charge on any atom is 0.264 e. The van der Waals surface area contributed by atoms with Gasteiger partial charge in [-0.2, -0.15) is 5.10 Å². The van der Waals surface area contributed by atoms with E-state index < -0.39 is 22.5 Å². The lowest BCUT2D eigenvalue weighted by molar-refractivity contribution is -0.119. The summed E-state index contributed by atoms with van der Waals surface area (Å²) in [6, 6.07) is 27.0. The van der Waals surface area contributed by atoms with Crippen LogP contribution in [0, 0.1) is 13.8 Å². The molecule has 0 atom stereocenters. The molecule has 0 radical (unpaired) electrons. The third kappa shape index (κ3) is 8.66. The van der Waals surface area contributed by atoms with E-state index in [1.807, 2.05) is 19.9 Å². The minimum atomic E-state index is -4.02. The van der Waals surface area contributed by atoms with Gasteiger partial charge in [-0.1, -0.05) is 24.3 Å². The summed E-state index contributed by atoms with van der Waals surface area (Å²) in [6.07, 6.45) is 1.42. The molecule has 222 valence electrons. The Morgan fingerprint density at radius 2 is 1.47 bits per heavy atom. The maximum atomic E-state index is 13.5. The molecule has 0 aromatic heterocycles. The van der Waals surface area contributed by atoms with Gasteiger partial charge in [0.1, 0.15) is 18.0 Å². The first-order valence-electron chi connectivity index (χ1n) is 13.3. The van der Waals surface area contributed by atoms with Gasteiger partial charge in [0.15, 0.2) is 6.61 Å². The fraction of sp³-hybridized carbons (Fsp3) is 0.156. The summed E-state index contributed by atoms with van der Waals surface area (Å²) in [7, 11) is -2.46. The summed E-state index contributed by atoms with van der Waals surface area (Å²) < 4.78 is 38.7. The van der Waals surface area contributed by atoms with Gasteiger partial charge < -0.3 is 14.8 Å². The summed E-state index contributed by atoms with van der Waals surface area (Å²) in [6.45, 7) is 3.07. The number of nitrogens with one attached hydrogen (secondary N) is 2. The van der Waals surface area contributed by atoms with Gasteiger partial charge in [-0.3, -0.25) is 13.9 Å². The van der Waals surface area contributed by atoms with Crippen LogP contribution in [0.15, 0.2) is 107 Å². The highest BCUT2D eigenvalue weighted by Gasteiger charge is 2.27. The smallest absolute Gasteiger partial charge is 0.264 e. The second-order valence-corrected chi connectivity index (χ2v) is 11.5. The van der Waals surface area contributed by atoms with Crippen LogP contribution in [0.3, 0.4) is 0 Å². The van der Waals surface area contributed by atoms with Crippen LogP contribution in [0.2, 0.25) is 0 Å². The molecule has 4 aromatic rings. The zero-order valence-corrected chi connectivity index (χ0v) is 24.8. The first kappa shape index (κ1) is 30.8. The van der Waals surface area contributed by atoms with Crippen molar-refractivity contribution >= 4 is 39.4 Å². The number of ether oxygens (including phenoxy) is 2. The van der Waals surface area contributed by atoms with Crippen molar-refractivity contribution in [2.75, 3.05) is 29.9 Å². The molecule has 2 amide bonds. The number of hydrazone groups is 1. The van der Waals surface area contributed by atoms with Crippen LogP contribution in [0.4, 0.5) is 11.4 Å². The van der Waals surface area contributed by atoms with Crippen LogP contribution in [-0.4, -0.2) is 46.7 Å². The van der Waals surface area contributed by atoms with E-state index in [2.05, 4.69) is 15.8 Å². The molecule has 0 saturated carbocycles. The second-order valence-electron chi connectivity index (χ2n) is 9.60. The number of methoxy groups -OCH3 is 1. The van der Waals surface area contributed by atoms with Gasteiger partial charge in [-0.15, -0.1) is 0 Å². The van der Waals surface area contributed by atoms with Crippen LogP contribution in [-0.2, 0) is 19.6 Å². The third-order valence-electron chi connectivity index (χ3n) is 6.14. The predicted octanol–water partition coefficient (Wildman–Crippen LogP) is 4.68. The number of hydrogen-bond acceptors (Lipinski definition) is 7. The number of carbonyl (C=O) groups excluding carboxylic acids is 2. The number of carbonyl (C=O) groups is 2. The maximum absolute atomic E-state index is 13.5. The Morgan fingerprint density at radius 3 is 2.09 bits per heavy atom. The fourth-order valence-electron chi connectivity index (χ4n) is 4.14. The van der Waals surface area contributed by atoms with Crippen molar-refractivity contribution in [2.45, 2.75) is 18.7 Å². The molecule has 10 nitrogen and oxygen atoms in total. The Kier molecular flexibility index (Phi) is 10.1. The minimum Gasteiger partial charge on any atom is -0.497 e. The van der Waals surface area contributed by atoms with Gasteiger partial charge in [0.25, 0.3) is 21.8 Å². The largest absolute Gasteiger partial charge is 0.497 e. The normalized spacial score (nSPS) is 11.1. The summed E-state index contributed by atoms with van der Waals surface area (Å²) in [5.41, 5.74) is 5.79. The molecule has 2 N–H and O–H groups in total. The summed E-state index contributed by atoms with van der Waals surface area (Å²) in [5.74, 6) is 0.231. The molecule has 43 heavy (non-hydrogen) atoms. The molecule has 11 heteroatoms. The molecule has 0 aliphatic rings. The molecule has 0 spiro atoms. The number of aryl methyl sites for hydroxylation is 2. The highest BCUT2D eigenvalue weighted by molar-refractivity contribution is 7.92. The van der Waals surface area contributed by atoms with Gasteiger partial charge in [0, 0.05) is 5.69 Å². The van der Waals surface area contributed by atoms with E-state index in [4.69, 9.17) is 9.47 Å². The molecule has 0 heterocycles. The number of benzene rings is 4. The molecule has 0 aliphatic heterocycles. The minimum absolute atomic E-state index is 0.0750. The van der Waals surface area contributed by atoms with E-state index in [0.717, 1.165) is 15.4 Å². The second kappa shape index (κ2) is 14.1. The molecule has 0 unspecified atom stereocenters. The number of anilines is 2. The number of sulfonamides is 1. The van der Waals surface area contributed by atoms with Crippen LogP contribution >= 0.6 is 0 Å². The Balaban J connectivity index is 1.34. The fourth-order valence-corrected chi connectivity index (χ4v) is 5.57. The van der Waals surface area contributed by atoms with Gasteiger partial charge in [0.2, 0.25) is 0 Å². The van der Waals surface area contributed by atoms with Gasteiger partial charge in [-0.05, 0) is 103 Å². The summed E-state index contributed by atoms with van der Waals surface area (Å²) in [4.78, 5) is 25.1. The monoisotopic (exact) mass is 600 g/mol. The van der Waals surface area contributed by atoms with Crippen molar-refractivity contribution < 1.29 is 27.5 Å². The van der Waals surface area contributed by atoms with Crippen LogP contribution < -0.4 is 24.5 Å². The number of rotatable bonds is 12. The van der Waals surface area contributed by atoms with Crippen molar-refractivity contribution in [3.05, 3.63) is 114 Å². The van der Waals surface area contributed by atoms with Crippen molar-refractivity contribution in [3.8, 4) is 11.5 Å². The Bertz CT molecular complexity index is 1670. The lowest BCUT2D eigenvalue weighted by Crippen LogP contribution is -2.39. The SMILES string of the molecule is COc1ccc(NC(=O)COc2ccc(/C=N\NC(=O)CN(c3cc(C)cc(C)c3)S(=O)(=O)c3ccccc3)cc2)cc1. The van der Waals surface area contributed by atoms with Crippen molar-refractivity contribution in [3.63, 3.8) is 0 Å². The van der Waals surface area contributed by atoms with E-state index in [1.54, 1.807) is 86.0 Å². The molecular weight excluding hydrogens is 568 g/mol. The van der Waals surface area contributed by atoms with E-state index in [1.165, 1.54) is 18.3 Å². The zero-order valence-electron chi connectivity index (χ0n) is 24.0. The van der Waals surface area contributed by atoms with Crippen molar-refractivity contribution in [2.24, 2.45) is 5.10 Å². The Labute approximate surface area is 251 Å². The standard InChI is InChI=1S/C32H32N4O6S/c1-23-17-24(2)19-27(18-23)36(43(39,40)30-7-5-4-6-8-30)21-31(37)35-33-20-25-9-13-29(14-10-25)42-22-32(38)34-26-11-15-28(41-3)16-12-26/h4-20H,21-22H2,1-3H3,(H,34,38)(H,35,37)/b33-20-. The predicted molar refractivity (Wildman–Crippen MR) is 166 cm³/mol. The van der Waals surface area contributed by atoms with Crippen molar-refractivity contribution in [1.29, 1.82) is 0 Å². The Morgan fingerprint density at radius 1 is 0.837 bits per heavy atom. The lowest BCUT2D eigenvalue weighted by atomic mass is 10.1. The topological polar surface area (TPSA) is 126 Å². The average Bonchev–Trinajstić information content (AvgIpc) is 2.99.